The number of nitrogen functional groups attached to an aromatic ring is 1. The summed E-state index contributed by atoms with van der Waals surface area (Å²) in [5.41, 5.74) is 4.92. The molecule has 1 aromatic rings. The average Bonchev–Trinajstić information content (AvgIpc) is 2.09. The molecule has 0 bridgehead atoms. The molecule has 0 fully saturated rings. The summed E-state index contributed by atoms with van der Waals surface area (Å²) in [6.07, 6.45) is -1.74. The molecule has 0 unspecified atom stereocenters. The highest BCUT2D eigenvalue weighted by Gasteiger charge is 2.17. The Kier molecular flexibility index (Phi) is 2.87. The Balaban J connectivity index is 3.23. The van der Waals surface area contributed by atoms with Gasteiger partial charge in [0.15, 0.2) is 0 Å². The minimum atomic E-state index is -2.69. The summed E-state index contributed by atoms with van der Waals surface area (Å²) in [6.45, 7) is 0. The highest BCUT2D eigenvalue weighted by Crippen LogP contribution is 2.34. The zero-order valence-electron chi connectivity index (χ0n) is 6.72. The molecule has 13 heavy (non-hydrogen) atoms. The third-order valence-electron chi connectivity index (χ3n) is 1.47. The monoisotopic (exact) mass is 208 g/mol. The average molecular weight is 209 g/mol. The molecule has 3 nitrogen and oxygen atoms in total. The Bertz CT molecular complexity index is 320. The third-order valence-corrected chi connectivity index (χ3v) is 1.89. The van der Waals surface area contributed by atoms with E-state index in [-0.39, 0.29) is 22.2 Å². The van der Waals surface area contributed by atoms with Crippen LogP contribution < -0.4 is 10.5 Å². The highest BCUT2D eigenvalue weighted by molar-refractivity contribution is 6.34. The SMILES string of the molecule is COc1ncc(C(F)F)c(Cl)c1N. The fraction of sp³-hybridized carbons (Fsp3) is 0.286. The number of aromatic nitrogens is 1. The maximum Gasteiger partial charge on any atom is 0.266 e. The molecule has 2 N–H and O–H groups in total. The van der Waals surface area contributed by atoms with Crippen molar-refractivity contribution in [2.24, 2.45) is 0 Å². The van der Waals surface area contributed by atoms with E-state index >= 15 is 0 Å². The smallest absolute Gasteiger partial charge is 0.266 e. The predicted molar refractivity (Wildman–Crippen MR) is 45.2 cm³/mol. The lowest BCUT2D eigenvalue weighted by Gasteiger charge is -2.08. The van der Waals surface area contributed by atoms with E-state index in [4.69, 9.17) is 22.1 Å². The van der Waals surface area contributed by atoms with Crippen LogP contribution in [-0.4, -0.2) is 12.1 Å². The van der Waals surface area contributed by atoms with Crippen LogP contribution in [0.2, 0.25) is 5.02 Å². The summed E-state index contributed by atoms with van der Waals surface area (Å²) in [6, 6.07) is 0. The number of ether oxygens (including phenoxy) is 1. The van der Waals surface area contributed by atoms with Gasteiger partial charge in [-0.2, -0.15) is 0 Å². The van der Waals surface area contributed by atoms with E-state index in [0.29, 0.717) is 0 Å². The number of pyridine rings is 1. The van der Waals surface area contributed by atoms with Gasteiger partial charge in [0.25, 0.3) is 6.43 Å². The van der Waals surface area contributed by atoms with Crippen LogP contribution in [-0.2, 0) is 0 Å². The number of nitrogens with zero attached hydrogens (tertiary/aromatic N) is 1. The second kappa shape index (κ2) is 3.74. The summed E-state index contributed by atoms with van der Waals surface area (Å²) >= 11 is 5.55. The van der Waals surface area contributed by atoms with Crippen LogP contribution in [0, 0.1) is 0 Å². The Morgan fingerprint density at radius 3 is 2.69 bits per heavy atom. The summed E-state index contributed by atoms with van der Waals surface area (Å²) < 4.78 is 29.1. The van der Waals surface area contributed by atoms with E-state index in [9.17, 15) is 8.78 Å². The van der Waals surface area contributed by atoms with Crippen molar-refractivity contribution >= 4 is 17.3 Å². The van der Waals surface area contributed by atoms with Crippen LogP contribution in [0.4, 0.5) is 14.5 Å². The Morgan fingerprint density at radius 2 is 2.23 bits per heavy atom. The van der Waals surface area contributed by atoms with Crippen molar-refractivity contribution in [1.29, 1.82) is 0 Å². The minimum absolute atomic E-state index is 0.0504. The van der Waals surface area contributed by atoms with E-state index in [1.165, 1.54) is 7.11 Å². The number of hydrogen-bond donors (Lipinski definition) is 1. The number of alkyl halides is 2. The van der Waals surface area contributed by atoms with Gasteiger partial charge < -0.3 is 10.5 Å². The van der Waals surface area contributed by atoms with Gasteiger partial charge >= 0.3 is 0 Å². The third kappa shape index (κ3) is 1.80. The molecule has 1 heterocycles. The van der Waals surface area contributed by atoms with Gasteiger partial charge in [-0.15, -0.1) is 0 Å². The molecule has 0 aliphatic rings. The van der Waals surface area contributed by atoms with E-state index in [2.05, 4.69) is 4.98 Å². The normalized spacial score (nSPS) is 10.5. The maximum absolute atomic E-state index is 12.2. The Morgan fingerprint density at radius 1 is 1.62 bits per heavy atom. The van der Waals surface area contributed by atoms with Gasteiger partial charge in [0.1, 0.15) is 5.69 Å². The molecule has 72 valence electrons. The van der Waals surface area contributed by atoms with Crippen LogP contribution in [0.3, 0.4) is 0 Å². The molecule has 0 aliphatic heterocycles. The fourth-order valence-electron chi connectivity index (χ4n) is 0.819. The van der Waals surface area contributed by atoms with Gasteiger partial charge in [-0.1, -0.05) is 11.6 Å². The summed E-state index contributed by atoms with van der Waals surface area (Å²) in [7, 11) is 1.33. The van der Waals surface area contributed by atoms with Crippen LogP contribution >= 0.6 is 11.6 Å². The molecule has 1 rings (SSSR count). The van der Waals surface area contributed by atoms with Crippen LogP contribution in [0.5, 0.6) is 5.88 Å². The van der Waals surface area contributed by atoms with Gasteiger partial charge in [-0.05, 0) is 0 Å². The summed E-state index contributed by atoms with van der Waals surface area (Å²) in [4.78, 5) is 3.57. The van der Waals surface area contributed by atoms with Gasteiger partial charge in [0.2, 0.25) is 5.88 Å². The standard InChI is InChI=1S/C7H7ClF2N2O/c1-13-7-5(11)4(8)3(2-12-7)6(9)10/h2,6H,11H2,1H3. The lowest BCUT2D eigenvalue weighted by molar-refractivity contribution is 0.151. The van der Waals surface area contributed by atoms with Crippen LogP contribution in [0.15, 0.2) is 6.20 Å². The number of anilines is 1. The summed E-state index contributed by atoms with van der Waals surface area (Å²) in [5.74, 6) is 0.0504. The van der Waals surface area contributed by atoms with Crippen molar-refractivity contribution in [3.05, 3.63) is 16.8 Å². The molecule has 0 spiro atoms. The first kappa shape index (κ1) is 9.98. The van der Waals surface area contributed by atoms with Crippen molar-refractivity contribution in [1.82, 2.24) is 4.98 Å². The molecule has 0 atom stereocenters. The van der Waals surface area contributed by atoms with Gasteiger partial charge in [-0.25, -0.2) is 13.8 Å². The number of nitrogens with two attached hydrogens (primary N) is 1. The molecule has 0 amide bonds. The second-order valence-electron chi connectivity index (χ2n) is 2.25. The highest BCUT2D eigenvalue weighted by atomic mass is 35.5. The molecular formula is C7H7ClF2N2O. The lowest BCUT2D eigenvalue weighted by atomic mass is 10.2. The van der Waals surface area contributed by atoms with E-state index in [1.54, 1.807) is 0 Å². The maximum atomic E-state index is 12.2. The molecule has 0 aliphatic carbocycles. The zero-order valence-corrected chi connectivity index (χ0v) is 7.48. The van der Waals surface area contributed by atoms with Crippen molar-refractivity contribution in [2.75, 3.05) is 12.8 Å². The lowest BCUT2D eigenvalue weighted by Crippen LogP contribution is -1.99. The van der Waals surface area contributed by atoms with Gasteiger partial charge in [0, 0.05) is 6.20 Å². The number of rotatable bonds is 2. The quantitative estimate of drug-likeness (QED) is 0.811. The van der Waals surface area contributed by atoms with E-state index < -0.39 is 6.43 Å². The number of methoxy groups -OCH3 is 1. The molecular weight excluding hydrogens is 202 g/mol. The first-order valence-corrected chi connectivity index (χ1v) is 3.71. The van der Waals surface area contributed by atoms with E-state index in [1.807, 2.05) is 0 Å². The number of halogens is 3. The van der Waals surface area contributed by atoms with Crippen molar-refractivity contribution in [3.8, 4) is 5.88 Å². The molecule has 0 radical (unpaired) electrons. The summed E-state index contributed by atoms with van der Waals surface area (Å²) in [5, 5.41) is -0.207. The Labute approximate surface area is 78.5 Å². The number of hydrogen-bond acceptors (Lipinski definition) is 3. The van der Waals surface area contributed by atoms with Gasteiger partial charge in [0.05, 0.1) is 17.7 Å². The first-order valence-electron chi connectivity index (χ1n) is 3.34. The van der Waals surface area contributed by atoms with Gasteiger partial charge in [-0.3, -0.25) is 0 Å². The molecule has 0 aromatic carbocycles. The van der Waals surface area contributed by atoms with Crippen LogP contribution in [0.25, 0.3) is 0 Å². The van der Waals surface area contributed by atoms with E-state index in [0.717, 1.165) is 6.20 Å². The van der Waals surface area contributed by atoms with Crippen molar-refractivity contribution in [2.45, 2.75) is 6.43 Å². The molecule has 0 saturated carbocycles. The molecule has 1 aromatic heterocycles. The molecule has 6 heteroatoms. The minimum Gasteiger partial charge on any atom is -0.479 e. The first-order chi connectivity index (χ1) is 6.07. The second-order valence-corrected chi connectivity index (χ2v) is 2.63. The molecule has 0 saturated heterocycles. The van der Waals surface area contributed by atoms with Crippen molar-refractivity contribution in [3.63, 3.8) is 0 Å². The van der Waals surface area contributed by atoms with Crippen LogP contribution in [0.1, 0.15) is 12.0 Å². The largest absolute Gasteiger partial charge is 0.479 e. The zero-order chi connectivity index (χ0) is 10.0. The topological polar surface area (TPSA) is 48.1 Å². The Hall–Kier alpha value is -1.10. The van der Waals surface area contributed by atoms with Crippen molar-refractivity contribution < 1.29 is 13.5 Å². The predicted octanol–water partition coefficient (Wildman–Crippen LogP) is 2.26. The fourth-order valence-corrected chi connectivity index (χ4v) is 1.03.